The highest BCUT2D eigenvalue weighted by Gasteiger charge is 2.10. The Morgan fingerprint density at radius 1 is 1.27 bits per heavy atom. The Kier molecular flexibility index (Phi) is 5.79. The summed E-state index contributed by atoms with van der Waals surface area (Å²) in [6.07, 6.45) is 3.45. The topological polar surface area (TPSA) is 89.0 Å². The molecule has 0 aliphatic heterocycles. The van der Waals surface area contributed by atoms with Crippen LogP contribution in [0.1, 0.15) is 21.7 Å². The summed E-state index contributed by atoms with van der Waals surface area (Å²) in [5.41, 5.74) is 2.12. The fourth-order valence-electron chi connectivity index (χ4n) is 1.80. The number of hydrogen-bond acceptors (Lipinski definition) is 6. The lowest BCUT2D eigenvalue weighted by Gasteiger charge is -2.08. The zero-order chi connectivity index (χ0) is 15.8. The van der Waals surface area contributed by atoms with Gasteiger partial charge in [0.1, 0.15) is 5.69 Å². The number of anilines is 1. The molecule has 2 heterocycles. The van der Waals surface area contributed by atoms with Gasteiger partial charge in [-0.25, -0.2) is 9.97 Å². The predicted molar refractivity (Wildman–Crippen MR) is 82.5 cm³/mol. The van der Waals surface area contributed by atoms with Crippen LogP contribution < -0.4 is 10.6 Å². The van der Waals surface area contributed by atoms with Gasteiger partial charge in [-0.3, -0.25) is 9.78 Å². The number of carbonyl (C=O) groups is 1. The van der Waals surface area contributed by atoms with Crippen molar-refractivity contribution in [2.75, 3.05) is 25.6 Å². The first kappa shape index (κ1) is 15.8. The van der Waals surface area contributed by atoms with Gasteiger partial charge in [-0.1, -0.05) is 0 Å². The third-order valence-electron chi connectivity index (χ3n) is 2.88. The molecule has 2 N–H and O–H groups in total. The number of nitrogens with one attached hydrogen (secondary N) is 2. The zero-order valence-corrected chi connectivity index (χ0v) is 12.7. The number of methoxy groups -OCH3 is 1. The number of pyridine rings is 1. The third-order valence-corrected chi connectivity index (χ3v) is 2.88. The second kappa shape index (κ2) is 8.04. The lowest BCUT2D eigenvalue weighted by Crippen LogP contribution is -2.28. The van der Waals surface area contributed by atoms with Crippen molar-refractivity contribution in [1.82, 2.24) is 20.3 Å². The van der Waals surface area contributed by atoms with E-state index in [4.69, 9.17) is 4.74 Å². The molecule has 0 saturated carbocycles. The first-order valence-corrected chi connectivity index (χ1v) is 6.94. The summed E-state index contributed by atoms with van der Waals surface area (Å²) in [7, 11) is 1.59. The summed E-state index contributed by atoms with van der Waals surface area (Å²) in [4.78, 5) is 24.5. The number of aromatic nitrogens is 3. The van der Waals surface area contributed by atoms with E-state index >= 15 is 0 Å². The van der Waals surface area contributed by atoms with Gasteiger partial charge < -0.3 is 15.4 Å². The lowest BCUT2D eigenvalue weighted by atomic mass is 10.3. The minimum Gasteiger partial charge on any atom is -0.383 e. The average Bonchev–Trinajstić information content (AvgIpc) is 2.53. The van der Waals surface area contributed by atoms with E-state index in [1.165, 1.54) is 0 Å². The fourth-order valence-corrected chi connectivity index (χ4v) is 1.80. The number of rotatable bonds is 7. The van der Waals surface area contributed by atoms with Crippen molar-refractivity contribution in [3.05, 3.63) is 47.5 Å². The molecule has 0 aromatic carbocycles. The molecule has 0 radical (unpaired) electrons. The SMILES string of the molecule is COCCNC(=O)c1cc(C)nc(NCc2ccncc2)n1. The van der Waals surface area contributed by atoms with Gasteiger partial charge in [-0.2, -0.15) is 0 Å². The largest absolute Gasteiger partial charge is 0.383 e. The minimum atomic E-state index is -0.241. The van der Waals surface area contributed by atoms with Crippen LogP contribution in [0.2, 0.25) is 0 Å². The van der Waals surface area contributed by atoms with Gasteiger partial charge in [0.15, 0.2) is 0 Å². The summed E-state index contributed by atoms with van der Waals surface area (Å²) in [5.74, 6) is 0.184. The van der Waals surface area contributed by atoms with E-state index in [0.29, 0.717) is 31.3 Å². The summed E-state index contributed by atoms with van der Waals surface area (Å²) in [6, 6.07) is 5.46. The number of amides is 1. The summed E-state index contributed by atoms with van der Waals surface area (Å²) < 4.78 is 4.90. The summed E-state index contributed by atoms with van der Waals surface area (Å²) in [6.45, 7) is 3.29. The number of nitrogens with zero attached hydrogens (tertiary/aromatic N) is 3. The summed E-state index contributed by atoms with van der Waals surface area (Å²) >= 11 is 0. The monoisotopic (exact) mass is 301 g/mol. The van der Waals surface area contributed by atoms with Crippen LogP contribution in [0, 0.1) is 6.92 Å². The van der Waals surface area contributed by atoms with Crippen molar-refractivity contribution < 1.29 is 9.53 Å². The Labute approximate surface area is 129 Å². The maximum Gasteiger partial charge on any atom is 0.270 e. The van der Waals surface area contributed by atoms with Gasteiger partial charge >= 0.3 is 0 Å². The molecule has 116 valence electrons. The Morgan fingerprint density at radius 3 is 2.77 bits per heavy atom. The molecule has 7 heteroatoms. The van der Waals surface area contributed by atoms with Crippen molar-refractivity contribution in [3.63, 3.8) is 0 Å². The van der Waals surface area contributed by atoms with Crippen LogP contribution in [0.5, 0.6) is 0 Å². The Bertz CT molecular complexity index is 619. The van der Waals surface area contributed by atoms with Gasteiger partial charge in [0.2, 0.25) is 5.95 Å². The molecule has 0 aliphatic rings. The minimum absolute atomic E-state index is 0.241. The standard InChI is InChI=1S/C15H19N5O2/c1-11-9-13(14(21)17-7-8-22-2)20-15(19-11)18-10-12-3-5-16-6-4-12/h3-6,9H,7-8,10H2,1-2H3,(H,17,21)(H,18,19,20). The molecule has 1 amide bonds. The number of aryl methyl sites for hydroxylation is 1. The van der Waals surface area contributed by atoms with E-state index in [1.807, 2.05) is 19.1 Å². The number of carbonyl (C=O) groups excluding carboxylic acids is 1. The second-order valence-electron chi connectivity index (χ2n) is 4.68. The molecule has 0 saturated heterocycles. The van der Waals surface area contributed by atoms with Gasteiger partial charge in [0.25, 0.3) is 5.91 Å². The second-order valence-corrected chi connectivity index (χ2v) is 4.68. The van der Waals surface area contributed by atoms with Crippen LogP contribution >= 0.6 is 0 Å². The van der Waals surface area contributed by atoms with E-state index in [0.717, 1.165) is 11.3 Å². The molecule has 0 unspecified atom stereocenters. The van der Waals surface area contributed by atoms with Crippen molar-refractivity contribution in [3.8, 4) is 0 Å². The Balaban J connectivity index is 2.01. The Hall–Kier alpha value is -2.54. The molecule has 0 atom stereocenters. The number of hydrogen-bond donors (Lipinski definition) is 2. The van der Waals surface area contributed by atoms with Crippen molar-refractivity contribution in [1.29, 1.82) is 0 Å². The molecule has 0 spiro atoms. The quantitative estimate of drug-likeness (QED) is 0.746. The van der Waals surface area contributed by atoms with Crippen LogP contribution in [-0.2, 0) is 11.3 Å². The molecule has 22 heavy (non-hydrogen) atoms. The van der Waals surface area contributed by atoms with Crippen LogP contribution in [0.25, 0.3) is 0 Å². The van der Waals surface area contributed by atoms with Gasteiger partial charge in [0.05, 0.1) is 6.61 Å². The van der Waals surface area contributed by atoms with Gasteiger partial charge in [-0.05, 0) is 30.7 Å². The number of ether oxygens (including phenoxy) is 1. The van der Waals surface area contributed by atoms with Crippen LogP contribution in [0.15, 0.2) is 30.6 Å². The van der Waals surface area contributed by atoms with Crippen LogP contribution in [-0.4, -0.2) is 41.1 Å². The first-order chi connectivity index (χ1) is 10.7. The van der Waals surface area contributed by atoms with Crippen molar-refractivity contribution >= 4 is 11.9 Å². The van der Waals surface area contributed by atoms with E-state index in [9.17, 15) is 4.79 Å². The highest BCUT2D eigenvalue weighted by molar-refractivity contribution is 5.92. The first-order valence-electron chi connectivity index (χ1n) is 6.94. The maximum atomic E-state index is 12.0. The normalized spacial score (nSPS) is 10.3. The van der Waals surface area contributed by atoms with Crippen LogP contribution in [0.4, 0.5) is 5.95 Å². The molecule has 2 rings (SSSR count). The van der Waals surface area contributed by atoms with Gasteiger partial charge in [-0.15, -0.1) is 0 Å². The molecule has 2 aromatic rings. The lowest BCUT2D eigenvalue weighted by molar-refractivity contribution is 0.0932. The zero-order valence-electron chi connectivity index (χ0n) is 12.7. The molecule has 0 fully saturated rings. The highest BCUT2D eigenvalue weighted by Crippen LogP contribution is 2.07. The van der Waals surface area contributed by atoms with E-state index in [2.05, 4.69) is 25.6 Å². The fraction of sp³-hybridized carbons (Fsp3) is 0.333. The Morgan fingerprint density at radius 2 is 2.05 bits per heavy atom. The molecule has 7 nitrogen and oxygen atoms in total. The van der Waals surface area contributed by atoms with Crippen LogP contribution in [0.3, 0.4) is 0 Å². The maximum absolute atomic E-state index is 12.0. The molecule has 0 aliphatic carbocycles. The van der Waals surface area contributed by atoms with Crippen molar-refractivity contribution in [2.24, 2.45) is 0 Å². The molecular weight excluding hydrogens is 282 g/mol. The molecule has 0 bridgehead atoms. The van der Waals surface area contributed by atoms with E-state index in [-0.39, 0.29) is 5.91 Å². The molecular formula is C15H19N5O2. The average molecular weight is 301 g/mol. The van der Waals surface area contributed by atoms with Crippen molar-refractivity contribution in [2.45, 2.75) is 13.5 Å². The van der Waals surface area contributed by atoms with E-state index in [1.54, 1.807) is 25.6 Å². The highest BCUT2D eigenvalue weighted by atomic mass is 16.5. The van der Waals surface area contributed by atoms with Gasteiger partial charge in [0, 0.05) is 38.3 Å². The third kappa shape index (κ3) is 4.78. The smallest absolute Gasteiger partial charge is 0.270 e. The molecule has 2 aromatic heterocycles. The summed E-state index contributed by atoms with van der Waals surface area (Å²) in [5, 5.41) is 5.85. The predicted octanol–water partition coefficient (Wildman–Crippen LogP) is 1.17. The van der Waals surface area contributed by atoms with E-state index < -0.39 is 0 Å².